The molecule has 0 aliphatic carbocycles. The molecule has 0 radical (unpaired) electrons. The van der Waals surface area contributed by atoms with Crippen LogP contribution in [0.5, 0.6) is 11.5 Å². The first-order valence-electron chi connectivity index (χ1n) is 8.74. The minimum Gasteiger partial charge on any atom is -0.497 e. The van der Waals surface area contributed by atoms with Crippen molar-refractivity contribution in [3.05, 3.63) is 72.0 Å². The standard InChI is InChI=1S/C21H18N4O4/c1-27-15-7-3-13(4-8-15)18-11-17-19(22)25(12-23-21(17)29-18)24-20(26)14-5-9-16(28-2)10-6-14/h3-12,22H,1-2H3,(H,24,26). The lowest BCUT2D eigenvalue weighted by Crippen LogP contribution is -2.33. The Balaban J connectivity index is 1.63. The van der Waals surface area contributed by atoms with E-state index in [2.05, 4.69) is 10.4 Å². The van der Waals surface area contributed by atoms with Gasteiger partial charge in [0.1, 0.15) is 23.6 Å². The Bertz CT molecular complexity index is 1220. The molecule has 0 saturated carbocycles. The van der Waals surface area contributed by atoms with Crippen LogP contribution < -0.4 is 20.4 Å². The van der Waals surface area contributed by atoms with Crippen LogP contribution in [0.1, 0.15) is 10.4 Å². The van der Waals surface area contributed by atoms with Crippen molar-refractivity contribution in [2.75, 3.05) is 19.6 Å². The van der Waals surface area contributed by atoms with E-state index in [-0.39, 0.29) is 11.4 Å². The number of ether oxygens (including phenoxy) is 2. The Kier molecular flexibility index (Phi) is 4.74. The van der Waals surface area contributed by atoms with E-state index >= 15 is 0 Å². The SMILES string of the molecule is COc1ccc(C(=O)Nn2cnc3oc(-c4ccc(OC)cc4)cc3c2=N)cc1. The van der Waals surface area contributed by atoms with Gasteiger partial charge in [-0.3, -0.25) is 15.6 Å². The number of aromatic nitrogens is 2. The van der Waals surface area contributed by atoms with Crippen molar-refractivity contribution in [3.63, 3.8) is 0 Å². The number of furan rings is 1. The van der Waals surface area contributed by atoms with Gasteiger partial charge in [0.15, 0.2) is 5.49 Å². The van der Waals surface area contributed by atoms with Crippen molar-refractivity contribution in [2.45, 2.75) is 0 Å². The largest absolute Gasteiger partial charge is 0.497 e. The zero-order chi connectivity index (χ0) is 20.4. The third-order valence-electron chi connectivity index (χ3n) is 4.45. The van der Waals surface area contributed by atoms with Crippen LogP contribution in [-0.2, 0) is 0 Å². The second kappa shape index (κ2) is 7.51. The molecule has 0 fully saturated rings. The first kappa shape index (κ1) is 18.3. The fraction of sp³-hybridized carbons (Fsp3) is 0.0952. The number of benzene rings is 2. The fourth-order valence-electron chi connectivity index (χ4n) is 2.84. The summed E-state index contributed by atoms with van der Waals surface area (Å²) >= 11 is 0. The second-order valence-electron chi connectivity index (χ2n) is 6.19. The van der Waals surface area contributed by atoms with E-state index in [1.165, 1.54) is 11.0 Å². The summed E-state index contributed by atoms with van der Waals surface area (Å²) in [6.45, 7) is 0. The van der Waals surface area contributed by atoms with Gasteiger partial charge in [0.2, 0.25) is 5.71 Å². The van der Waals surface area contributed by atoms with Crippen molar-refractivity contribution in [1.29, 1.82) is 5.41 Å². The highest BCUT2D eigenvalue weighted by molar-refractivity contribution is 6.00. The number of carbonyl (C=O) groups excluding carboxylic acids is 1. The minimum atomic E-state index is -0.369. The third-order valence-corrected chi connectivity index (χ3v) is 4.45. The summed E-state index contributed by atoms with van der Waals surface area (Å²) in [6.07, 6.45) is 1.34. The molecule has 0 aliphatic heterocycles. The Morgan fingerprint density at radius 1 is 1.03 bits per heavy atom. The van der Waals surface area contributed by atoms with Crippen LogP contribution in [0.15, 0.2) is 65.3 Å². The smallest absolute Gasteiger partial charge is 0.270 e. The number of nitrogens with one attached hydrogen (secondary N) is 2. The van der Waals surface area contributed by atoms with Crippen molar-refractivity contribution < 1.29 is 18.7 Å². The predicted molar refractivity (Wildman–Crippen MR) is 107 cm³/mol. The van der Waals surface area contributed by atoms with E-state index in [4.69, 9.17) is 19.3 Å². The van der Waals surface area contributed by atoms with Gasteiger partial charge in [-0.2, -0.15) is 0 Å². The van der Waals surface area contributed by atoms with Gasteiger partial charge in [0.25, 0.3) is 5.91 Å². The van der Waals surface area contributed by atoms with Crippen LogP contribution in [-0.4, -0.2) is 29.8 Å². The average molecular weight is 390 g/mol. The number of hydrogen-bond acceptors (Lipinski definition) is 6. The van der Waals surface area contributed by atoms with Gasteiger partial charge in [0, 0.05) is 11.1 Å². The first-order valence-corrected chi connectivity index (χ1v) is 8.74. The third kappa shape index (κ3) is 3.55. The van der Waals surface area contributed by atoms with E-state index in [1.54, 1.807) is 44.6 Å². The van der Waals surface area contributed by atoms with Gasteiger partial charge in [-0.05, 0) is 54.6 Å². The summed E-state index contributed by atoms with van der Waals surface area (Å²) in [6, 6.07) is 15.8. The average Bonchev–Trinajstić information content (AvgIpc) is 3.21. The Morgan fingerprint density at radius 3 is 2.28 bits per heavy atom. The molecule has 146 valence electrons. The van der Waals surface area contributed by atoms with Crippen LogP contribution in [0, 0.1) is 5.41 Å². The van der Waals surface area contributed by atoms with E-state index in [9.17, 15) is 4.79 Å². The van der Waals surface area contributed by atoms with E-state index in [1.807, 2.05) is 24.3 Å². The maximum absolute atomic E-state index is 12.5. The molecule has 0 aliphatic rings. The summed E-state index contributed by atoms with van der Waals surface area (Å²) in [5.74, 6) is 1.60. The monoisotopic (exact) mass is 390 g/mol. The lowest BCUT2D eigenvalue weighted by molar-refractivity contribution is 0.101. The van der Waals surface area contributed by atoms with Gasteiger partial charge in [0.05, 0.1) is 19.6 Å². The number of methoxy groups -OCH3 is 2. The molecule has 0 unspecified atom stereocenters. The van der Waals surface area contributed by atoms with Crippen LogP contribution in [0.25, 0.3) is 22.4 Å². The zero-order valence-corrected chi connectivity index (χ0v) is 15.8. The van der Waals surface area contributed by atoms with Crippen LogP contribution >= 0.6 is 0 Å². The van der Waals surface area contributed by atoms with Gasteiger partial charge >= 0.3 is 0 Å². The quantitative estimate of drug-likeness (QED) is 0.545. The summed E-state index contributed by atoms with van der Waals surface area (Å²) in [5.41, 5.74) is 4.29. The molecule has 8 heteroatoms. The molecule has 0 saturated heterocycles. The Hall–Kier alpha value is -4.07. The number of nitrogens with zero attached hydrogens (tertiary/aromatic N) is 2. The molecule has 0 atom stereocenters. The summed E-state index contributed by atoms with van der Waals surface area (Å²) < 4.78 is 17.3. The maximum Gasteiger partial charge on any atom is 0.270 e. The van der Waals surface area contributed by atoms with Crippen LogP contribution in [0.3, 0.4) is 0 Å². The molecule has 2 aromatic carbocycles. The van der Waals surface area contributed by atoms with Crippen molar-refractivity contribution in [1.82, 2.24) is 9.66 Å². The van der Waals surface area contributed by atoms with E-state index < -0.39 is 0 Å². The molecule has 4 aromatic rings. The molecule has 8 nitrogen and oxygen atoms in total. The lowest BCUT2D eigenvalue weighted by Gasteiger charge is -2.09. The summed E-state index contributed by atoms with van der Waals surface area (Å²) in [5, 5.41) is 8.89. The number of hydrogen-bond donors (Lipinski definition) is 2. The molecule has 2 aromatic heterocycles. The highest BCUT2D eigenvalue weighted by Crippen LogP contribution is 2.26. The zero-order valence-electron chi connectivity index (χ0n) is 15.8. The lowest BCUT2D eigenvalue weighted by atomic mass is 10.1. The molecule has 0 spiro atoms. The molecule has 4 rings (SSSR count). The van der Waals surface area contributed by atoms with Crippen molar-refractivity contribution in [2.24, 2.45) is 0 Å². The molecule has 0 bridgehead atoms. The maximum atomic E-state index is 12.5. The normalized spacial score (nSPS) is 10.7. The summed E-state index contributed by atoms with van der Waals surface area (Å²) in [4.78, 5) is 16.7. The van der Waals surface area contributed by atoms with Crippen LogP contribution in [0.4, 0.5) is 0 Å². The molecule has 29 heavy (non-hydrogen) atoms. The number of fused-ring (bicyclic) bond motifs is 1. The van der Waals surface area contributed by atoms with E-state index in [0.717, 1.165) is 11.3 Å². The number of carbonyl (C=O) groups is 1. The minimum absolute atomic E-state index is 0.0559. The molecule has 1 amide bonds. The molecule has 2 heterocycles. The van der Waals surface area contributed by atoms with Crippen molar-refractivity contribution in [3.8, 4) is 22.8 Å². The van der Waals surface area contributed by atoms with E-state index in [0.29, 0.717) is 28.2 Å². The molecular weight excluding hydrogens is 372 g/mol. The van der Waals surface area contributed by atoms with Gasteiger partial charge < -0.3 is 13.9 Å². The second-order valence-corrected chi connectivity index (χ2v) is 6.19. The Labute approximate surface area is 165 Å². The topological polar surface area (TPSA) is 102 Å². The van der Waals surface area contributed by atoms with Gasteiger partial charge in [-0.15, -0.1) is 0 Å². The number of rotatable bonds is 5. The molecular formula is C21H18N4O4. The highest BCUT2D eigenvalue weighted by atomic mass is 16.5. The Morgan fingerprint density at radius 2 is 1.66 bits per heavy atom. The fourth-order valence-corrected chi connectivity index (χ4v) is 2.84. The van der Waals surface area contributed by atoms with Gasteiger partial charge in [-0.25, -0.2) is 9.66 Å². The van der Waals surface area contributed by atoms with Crippen LogP contribution in [0.2, 0.25) is 0 Å². The summed E-state index contributed by atoms with van der Waals surface area (Å²) in [7, 11) is 3.16. The predicted octanol–water partition coefficient (Wildman–Crippen LogP) is 3.18. The van der Waals surface area contributed by atoms with Gasteiger partial charge in [-0.1, -0.05) is 0 Å². The molecule has 2 N–H and O–H groups in total. The first-order chi connectivity index (χ1) is 14.1. The van der Waals surface area contributed by atoms with Crippen molar-refractivity contribution >= 4 is 17.0 Å². The highest BCUT2D eigenvalue weighted by Gasteiger charge is 2.12. The number of amides is 1.